The summed E-state index contributed by atoms with van der Waals surface area (Å²) in [7, 11) is 5.21. The first-order chi connectivity index (χ1) is 13.4. The molecule has 2 aromatic carbocycles. The Balaban J connectivity index is 2.14. The van der Waals surface area contributed by atoms with Gasteiger partial charge in [-0.25, -0.2) is 0 Å². The lowest BCUT2D eigenvalue weighted by atomic mass is 10.1. The van der Waals surface area contributed by atoms with Crippen molar-refractivity contribution < 1.29 is 27.7 Å². The van der Waals surface area contributed by atoms with Crippen molar-refractivity contribution in [1.82, 2.24) is 4.90 Å². The normalized spacial score (nSPS) is 11.0. The molecule has 2 rings (SSSR count). The average Bonchev–Trinajstić information content (AvgIpc) is 2.65. The largest absolute Gasteiger partial charge is 0.493 e. The van der Waals surface area contributed by atoms with Crippen LogP contribution >= 0.6 is 0 Å². The van der Waals surface area contributed by atoms with Crippen LogP contribution in [-0.2, 0) is 13.1 Å². The van der Waals surface area contributed by atoms with Crippen LogP contribution in [0.4, 0.5) is 8.78 Å². The minimum absolute atomic E-state index is 0.0407. The minimum atomic E-state index is -2.89. The van der Waals surface area contributed by atoms with Crippen LogP contribution < -0.4 is 18.9 Å². The van der Waals surface area contributed by atoms with Crippen LogP contribution in [0.2, 0.25) is 0 Å². The third kappa shape index (κ3) is 5.73. The van der Waals surface area contributed by atoms with Gasteiger partial charge in [-0.15, -0.1) is 0 Å². The van der Waals surface area contributed by atoms with Gasteiger partial charge in [0, 0.05) is 13.1 Å². The summed E-state index contributed by atoms with van der Waals surface area (Å²) in [5.41, 5.74) is 3.15. The fraction of sp³-hybridized carbons (Fsp3) is 0.429. The lowest BCUT2D eigenvalue weighted by Gasteiger charge is -2.20. The molecule has 5 nitrogen and oxygen atoms in total. The van der Waals surface area contributed by atoms with E-state index in [9.17, 15) is 8.78 Å². The maximum Gasteiger partial charge on any atom is 0.387 e. The van der Waals surface area contributed by atoms with Crippen LogP contribution in [-0.4, -0.2) is 39.4 Å². The summed E-state index contributed by atoms with van der Waals surface area (Å²) in [5, 5.41) is 0. The molecule has 154 valence electrons. The molecular formula is C21H27F2NO4. The summed E-state index contributed by atoms with van der Waals surface area (Å²) in [6, 6.07) is 8.93. The first-order valence-corrected chi connectivity index (χ1v) is 8.98. The summed E-state index contributed by atoms with van der Waals surface area (Å²) in [5.74, 6) is 1.74. The number of aryl methyl sites for hydroxylation is 1. The molecule has 0 fully saturated rings. The van der Waals surface area contributed by atoms with Crippen LogP contribution in [0.1, 0.15) is 23.6 Å². The molecule has 0 aliphatic carbocycles. The molecule has 0 spiro atoms. The Morgan fingerprint density at radius 3 is 2.21 bits per heavy atom. The first kappa shape index (κ1) is 21.8. The van der Waals surface area contributed by atoms with Crippen molar-refractivity contribution in [2.45, 2.75) is 33.5 Å². The third-order valence-corrected chi connectivity index (χ3v) is 4.26. The van der Waals surface area contributed by atoms with Crippen LogP contribution in [0.15, 0.2) is 30.3 Å². The Bertz CT molecular complexity index is 783. The number of hydrogen-bond donors (Lipinski definition) is 0. The van der Waals surface area contributed by atoms with Crippen molar-refractivity contribution in [3.63, 3.8) is 0 Å². The van der Waals surface area contributed by atoms with Crippen molar-refractivity contribution >= 4 is 0 Å². The third-order valence-electron chi connectivity index (χ3n) is 4.26. The number of nitrogens with zero attached hydrogens (tertiary/aromatic N) is 1. The number of methoxy groups -OCH3 is 2. The van der Waals surface area contributed by atoms with Crippen LogP contribution in [0.3, 0.4) is 0 Å². The average molecular weight is 395 g/mol. The van der Waals surface area contributed by atoms with Gasteiger partial charge in [-0.2, -0.15) is 8.78 Å². The molecule has 0 saturated carbocycles. The van der Waals surface area contributed by atoms with Crippen molar-refractivity contribution in [3.05, 3.63) is 47.0 Å². The van der Waals surface area contributed by atoms with Gasteiger partial charge in [-0.3, -0.25) is 4.90 Å². The highest BCUT2D eigenvalue weighted by Gasteiger charge is 2.14. The predicted octanol–water partition coefficient (Wildman–Crippen LogP) is 4.64. The quantitative estimate of drug-likeness (QED) is 0.586. The van der Waals surface area contributed by atoms with Gasteiger partial charge in [0.15, 0.2) is 23.0 Å². The highest BCUT2D eigenvalue weighted by atomic mass is 19.3. The van der Waals surface area contributed by atoms with E-state index < -0.39 is 6.61 Å². The van der Waals surface area contributed by atoms with Crippen LogP contribution in [0.5, 0.6) is 23.0 Å². The number of halogens is 2. The van der Waals surface area contributed by atoms with Crippen molar-refractivity contribution in [3.8, 4) is 23.0 Å². The Morgan fingerprint density at radius 2 is 1.61 bits per heavy atom. The first-order valence-electron chi connectivity index (χ1n) is 8.98. The van der Waals surface area contributed by atoms with Crippen LogP contribution in [0, 0.1) is 6.92 Å². The number of benzene rings is 2. The van der Waals surface area contributed by atoms with Crippen molar-refractivity contribution in [2.75, 3.05) is 27.9 Å². The molecule has 0 aliphatic heterocycles. The Morgan fingerprint density at radius 1 is 0.929 bits per heavy atom. The highest BCUT2D eigenvalue weighted by molar-refractivity contribution is 5.47. The molecule has 2 aromatic rings. The van der Waals surface area contributed by atoms with Crippen LogP contribution in [0.25, 0.3) is 0 Å². The lowest BCUT2D eigenvalue weighted by molar-refractivity contribution is -0.0514. The van der Waals surface area contributed by atoms with E-state index in [0.717, 1.165) is 16.7 Å². The zero-order chi connectivity index (χ0) is 20.7. The molecule has 0 aromatic heterocycles. The number of hydrogen-bond acceptors (Lipinski definition) is 5. The maximum atomic E-state index is 12.5. The van der Waals surface area contributed by atoms with Gasteiger partial charge in [0.25, 0.3) is 0 Å². The molecule has 0 heterocycles. The SMILES string of the molecule is CCOc1cc(CN(C)Cc2cc(OC)c(OC)cc2C)ccc1OC(F)F. The van der Waals surface area contributed by atoms with Crippen molar-refractivity contribution in [2.24, 2.45) is 0 Å². The fourth-order valence-electron chi connectivity index (χ4n) is 2.96. The summed E-state index contributed by atoms with van der Waals surface area (Å²) >= 11 is 0. The topological polar surface area (TPSA) is 40.2 Å². The Kier molecular flexibility index (Phi) is 7.87. The monoisotopic (exact) mass is 395 g/mol. The van der Waals surface area contributed by atoms with E-state index in [4.69, 9.17) is 14.2 Å². The van der Waals surface area contributed by atoms with Gasteiger partial charge < -0.3 is 18.9 Å². The Labute approximate surface area is 164 Å². The molecule has 0 bridgehead atoms. The highest BCUT2D eigenvalue weighted by Crippen LogP contribution is 2.32. The van der Waals surface area contributed by atoms with Gasteiger partial charge in [0.05, 0.1) is 20.8 Å². The van der Waals surface area contributed by atoms with E-state index in [1.165, 1.54) is 6.07 Å². The lowest BCUT2D eigenvalue weighted by Crippen LogP contribution is -2.18. The van der Waals surface area contributed by atoms with E-state index in [2.05, 4.69) is 9.64 Å². The molecule has 0 radical (unpaired) electrons. The maximum absolute atomic E-state index is 12.5. The fourth-order valence-corrected chi connectivity index (χ4v) is 2.96. The van der Waals surface area contributed by atoms with E-state index >= 15 is 0 Å². The van der Waals surface area contributed by atoms with E-state index in [0.29, 0.717) is 36.9 Å². The zero-order valence-electron chi connectivity index (χ0n) is 16.9. The molecular weight excluding hydrogens is 368 g/mol. The van der Waals surface area contributed by atoms with Crippen molar-refractivity contribution in [1.29, 1.82) is 0 Å². The molecule has 7 heteroatoms. The van der Waals surface area contributed by atoms with E-state index in [1.807, 2.05) is 26.1 Å². The molecule has 0 atom stereocenters. The molecule has 0 unspecified atom stereocenters. The smallest absolute Gasteiger partial charge is 0.387 e. The molecule has 28 heavy (non-hydrogen) atoms. The van der Waals surface area contributed by atoms with Gasteiger partial charge in [0.2, 0.25) is 0 Å². The van der Waals surface area contributed by atoms with Gasteiger partial charge in [-0.05, 0) is 61.9 Å². The predicted molar refractivity (Wildman–Crippen MR) is 104 cm³/mol. The van der Waals surface area contributed by atoms with E-state index in [-0.39, 0.29) is 5.75 Å². The Hall–Kier alpha value is -2.54. The second-order valence-electron chi connectivity index (χ2n) is 6.40. The second-order valence-corrected chi connectivity index (χ2v) is 6.40. The molecule has 0 amide bonds. The van der Waals surface area contributed by atoms with E-state index in [1.54, 1.807) is 33.3 Å². The molecule has 0 aliphatic rings. The standard InChI is InChI=1S/C21H27F2NO4/c1-6-27-20-10-15(7-8-17(20)28-21(22)23)12-24(3)13-16-11-19(26-5)18(25-4)9-14(16)2/h7-11,21H,6,12-13H2,1-5H3. The number of alkyl halides is 2. The summed E-state index contributed by atoms with van der Waals surface area (Å²) in [6.45, 7) is 2.60. The van der Waals surface area contributed by atoms with Gasteiger partial charge in [-0.1, -0.05) is 6.07 Å². The summed E-state index contributed by atoms with van der Waals surface area (Å²) in [4.78, 5) is 2.12. The number of ether oxygens (including phenoxy) is 4. The van der Waals surface area contributed by atoms with Gasteiger partial charge >= 0.3 is 6.61 Å². The summed E-state index contributed by atoms with van der Waals surface area (Å²) in [6.07, 6.45) is 0. The molecule has 0 saturated heterocycles. The molecule has 0 N–H and O–H groups in total. The number of rotatable bonds is 10. The second kappa shape index (κ2) is 10.1. The zero-order valence-corrected chi connectivity index (χ0v) is 16.9. The minimum Gasteiger partial charge on any atom is -0.493 e. The van der Waals surface area contributed by atoms with Gasteiger partial charge in [0.1, 0.15) is 0 Å². The summed E-state index contributed by atoms with van der Waals surface area (Å²) < 4.78 is 45.8.